The number of nitrogens with one attached hydrogen (secondary N) is 1. The van der Waals surface area contributed by atoms with E-state index in [1.807, 2.05) is 17.8 Å². The van der Waals surface area contributed by atoms with Gasteiger partial charge in [-0.05, 0) is 31.0 Å². The van der Waals surface area contributed by atoms with Crippen molar-refractivity contribution in [1.29, 1.82) is 0 Å². The highest BCUT2D eigenvalue weighted by Gasteiger charge is 2.34. The summed E-state index contributed by atoms with van der Waals surface area (Å²) in [5, 5.41) is 6.77. The van der Waals surface area contributed by atoms with Crippen molar-refractivity contribution in [3.05, 3.63) is 54.0 Å². The Labute approximate surface area is 159 Å². The summed E-state index contributed by atoms with van der Waals surface area (Å²) in [6.07, 6.45) is 2.36. The minimum absolute atomic E-state index is 0.212. The van der Waals surface area contributed by atoms with Crippen LogP contribution >= 0.6 is 0 Å². The Balaban J connectivity index is 1.55. The molecule has 0 atom stereocenters. The third-order valence-corrected chi connectivity index (χ3v) is 5.19. The zero-order chi connectivity index (χ0) is 19.9. The highest BCUT2D eigenvalue weighted by atomic mass is 19.4. The first-order valence-electron chi connectivity index (χ1n) is 8.97. The van der Waals surface area contributed by atoms with Crippen LogP contribution in [-0.4, -0.2) is 32.8 Å². The number of piperidine rings is 1. The Hall–Kier alpha value is -2.84. The molecule has 1 aliphatic rings. The van der Waals surface area contributed by atoms with Crippen molar-refractivity contribution in [2.24, 2.45) is 7.05 Å². The van der Waals surface area contributed by atoms with E-state index < -0.39 is 17.6 Å². The molecule has 0 radical (unpaired) electrons. The highest BCUT2D eigenvalue weighted by Crippen LogP contribution is 2.35. The van der Waals surface area contributed by atoms with Crippen molar-refractivity contribution in [2.45, 2.75) is 24.9 Å². The molecule has 0 bridgehead atoms. The molecule has 2 aromatic heterocycles. The molecule has 9 heteroatoms. The number of rotatable bonds is 3. The van der Waals surface area contributed by atoms with Gasteiger partial charge in [-0.2, -0.15) is 18.3 Å². The molecule has 5 nitrogen and oxygen atoms in total. The third-order valence-electron chi connectivity index (χ3n) is 5.19. The van der Waals surface area contributed by atoms with Crippen LogP contribution in [0.25, 0.3) is 11.3 Å². The van der Waals surface area contributed by atoms with Crippen molar-refractivity contribution >= 4 is 5.69 Å². The second-order valence-electron chi connectivity index (χ2n) is 7.01. The monoisotopic (exact) mass is 393 g/mol. The summed E-state index contributed by atoms with van der Waals surface area (Å²) in [5.74, 6) is -0.233. The number of nitrogens with zero attached hydrogens (tertiary/aromatic N) is 4. The SMILES string of the molecule is Cn1cc(-c2ccc(F)c(C(F)(F)F)c2)nc1C1CCN(c2cn[nH]c2)CC1. The van der Waals surface area contributed by atoms with Crippen LogP contribution in [0.3, 0.4) is 0 Å². The van der Waals surface area contributed by atoms with Gasteiger partial charge in [-0.3, -0.25) is 5.10 Å². The Morgan fingerprint density at radius 2 is 1.93 bits per heavy atom. The maximum atomic E-state index is 13.6. The molecule has 1 N–H and O–H groups in total. The Bertz CT molecular complexity index is 953. The van der Waals surface area contributed by atoms with E-state index in [9.17, 15) is 17.6 Å². The fourth-order valence-corrected chi connectivity index (χ4v) is 3.71. The van der Waals surface area contributed by atoms with E-state index in [0.717, 1.165) is 49.6 Å². The van der Waals surface area contributed by atoms with Crippen molar-refractivity contribution in [3.63, 3.8) is 0 Å². The first kappa shape index (κ1) is 18.5. The summed E-state index contributed by atoms with van der Waals surface area (Å²) < 4.78 is 54.4. The number of hydrogen-bond donors (Lipinski definition) is 1. The number of halogens is 4. The average molecular weight is 393 g/mol. The van der Waals surface area contributed by atoms with Crippen LogP contribution in [0.1, 0.15) is 30.1 Å². The number of imidazole rings is 1. The first-order chi connectivity index (χ1) is 13.3. The van der Waals surface area contributed by atoms with E-state index in [2.05, 4.69) is 20.1 Å². The third kappa shape index (κ3) is 3.48. The van der Waals surface area contributed by atoms with Gasteiger partial charge in [-0.25, -0.2) is 9.37 Å². The van der Waals surface area contributed by atoms with Gasteiger partial charge in [0.15, 0.2) is 0 Å². The van der Waals surface area contributed by atoms with Gasteiger partial charge in [0.05, 0.1) is 23.1 Å². The molecule has 148 valence electrons. The zero-order valence-corrected chi connectivity index (χ0v) is 15.2. The summed E-state index contributed by atoms with van der Waals surface area (Å²) >= 11 is 0. The lowest BCUT2D eigenvalue weighted by atomic mass is 9.96. The molecule has 3 heterocycles. The van der Waals surface area contributed by atoms with E-state index in [1.165, 1.54) is 6.07 Å². The van der Waals surface area contributed by atoms with Crippen LogP contribution in [0.15, 0.2) is 36.8 Å². The van der Waals surface area contributed by atoms with Crippen molar-refractivity contribution in [2.75, 3.05) is 18.0 Å². The van der Waals surface area contributed by atoms with E-state index in [-0.39, 0.29) is 11.5 Å². The second kappa shape index (κ2) is 6.96. The molecule has 1 saturated heterocycles. The molecular formula is C19H19F4N5. The topological polar surface area (TPSA) is 49.7 Å². The van der Waals surface area contributed by atoms with Crippen molar-refractivity contribution in [1.82, 2.24) is 19.7 Å². The molecular weight excluding hydrogens is 374 g/mol. The number of alkyl halides is 3. The molecule has 4 rings (SSSR count). The Morgan fingerprint density at radius 1 is 1.18 bits per heavy atom. The predicted octanol–water partition coefficient (Wildman–Crippen LogP) is 4.35. The highest BCUT2D eigenvalue weighted by molar-refractivity contribution is 5.60. The second-order valence-corrected chi connectivity index (χ2v) is 7.01. The lowest BCUT2D eigenvalue weighted by molar-refractivity contribution is -0.139. The smallest absolute Gasteiger partial charge is 0.369 e. The quantitative estimate of drug-likeness (QED) is 0.673. The number of hydrogen-bond acceptors (Lipinski definition) is 3. The summed E-state index contributed by atoms with van der Waals surface area (Å²) in [5.41, 5.74) is 0.447. The zero-order valence-electron chi connectivity index (χ0n) is 15.2. The molecule has 3 aromatic rings. The summed E-state index contributed by atoms with van der Waals surface area (Å²) in [6, 6.07) is 3.00. The molecule has 1 aliphatic heterocycles. The molecule has 0 unspecified atom stereocenters. The minimum Gasteiger partial charge on any atom is -0.369 e. The normalized spacial score (nSPS) is 16.0. The van der Waals surface area contributed by atoms with Gasteiger partial charge in [0, 0.05) is 44.0 Å². The van der Waals surface area contributed by atoms with Crippen molar-refractivity contribution < 1.29 is 17.6 Å². The molecule has 1 aromatic carbocycles. The summed E-state index contributed by atoms with van der Waals surface area (Å²) in [7, 11) is 1.84. The van der Waals surface area contributed by atoms with Gasteiger partial charge >= 0.3 is 6.18 Å². The number of aryl methyl sites for hydroxylation is 1. The van der Waals surface area contributed by atoms with Crippen molar-refractivity contribution in [3.8, 4) is 11.3 Å². The fraction of sp³-hybridized carbons (Fsp3) is 0.368. The van der Waals surface area contributed by atoms with Crippen LogP contribution in [-0.2, 0) is 13.2 Å². The largest absolute Gasteiger partial charge is 0.419 e. The predicted molar refractivity (Wildman–Crippen MR) is 96.4 cm³/mol. The molecule has 0 aliphatic carbocycles. The van der Waals surface area contributed by atoms with E-state index in [4.69, 9.17) is 0 Å². The molecule has 1 fully saturated rings. The molecule has 0 saturated carbocycles. The van der Waals surface area contributed by atoms with E-state index in [0.29, 0.717) is 5.69 Å². The Kier molecular flexibility index (Phi) is 4.60. The number of aromatic nitrogens is 4. The molecule has 0 amide bonds. The van der Waals surface area contributed by atoms with Gasteiger partial charge in [0.2, 0.25) is 0 Å². The van der Waals surface area contributed by atoms with Crippen LogP contribution < -0.4 is 4.90 Å². The number of benzene rings is 1. The van der Waals surface area contributed by atoms with Crippen LogP contribution in [0, 0.1) is 5.82 Å². The van der Waals surface area contributed by atoms with Gasteiger partial charge in [0.1, 0.15) is 11.6 Å². The first-order valence-corrected chi connectivity index (χ1v) is 8.97. The lowest BCUT2D eigenvalue weighted by Crippen LogP contribution is -2.33. The van der Waals surface area contributed by atoms with E-state index >= 15 is 0 Å². The molecule has 0 spiro atoms. The summed E-state index contributed by atoms with van der Waals surface area (Å²) in [6.45, 7) is 1.70. The van der Waals surface area contributed by atoms with Gasteiger partial charge in [-0.15, -0.1) is 0 Å². The average Bonchev–Trinajstić information content (AvgIpc) is 3.31. The maximum Gasteiger partial charge on any atom is 0.419 e. The van der Waals surface area contributed by atoms with E-state index in [1.54, 1.807) is 12.4 Å². The number of aromatic amines is 1. The number of H-pyrrole nitrogens is 1. The summed E-state index contributed by atoms with van der Waals surface area (Å²) in [4.78, 5) is 6.82. The number of anilines is 1. The molecule has 28 heavy (non-hydrogen) atoms. The van der Waals surface area contributed by atoms with Gasteiger partial charge in [-0.1, -0.05) is 0 Å². The minimum atomic E-state index is -4.74. The van der Waals surface area contributed by atoms with Gasteiger partial charge in [0.25, 0.3) is 0 Å². The van der Waals surface area contributed by atoms with Gasteiger partial charge < -0.3 is 9.47 Å². The lowest BCUT2D eigenvalue weighted by Gasteiger charge is -2.32. The Morgan fingerprint density at radius 3 is 2.57 bits per heavy atom. The standard InChI is InChI=1S/C19H19F4N5/c1-27-11-17(13-2-3-16(20)15(8-13)19(21,22)23)26-18(27)12-4-6-28(7-5-12)14-9-24-25-10-14/h2-3,8-12H,4-7H2,1H3,(H,24,25). The van der Waals surface area contributed by atoms with Crippen LogP contribution in [0.4, 0.5) is 23.2 Å². The van der Waals surface area contributed by atoms with Crippen LogP contribution in [0.5, 0.6) is 0 Å². The fourth-order valence-electron chi connectivity index (χ4n) is 3.71. The maximum absolute atomic E-state index is 13.6. The van der Waals surface area contributed by atoms with Crippen LogP contribution in [0.2, 0.25) is 0 Å².